The summed E-state index contributed by atoms with van der Waals surface area (Å²) in [5, 5.41) is 2.68. The van der Waals surface area contributed by atoms with Gasteiger partial charge in [-0.2, -0.15) is 0 Å². The third-order valence-corrected chi connectivity index (χ3v) is 8.92. The summed E-state index contributed by atoms with van der Waals surface area (Å²) < 4.78 is 27.6. The highest BCUT2D eigenvalue weighted by atomic mass is 32.2. The first kappa shape index (κ1) is 18.2. The fraction of sp³-hybridized carbons (Fsp3) is 0.882. The Labute approximate surface area is 154 Å². The third kappa shape index (κ3) is 3.14. The quantitative estimate of drug-likeness (QED) is 0.761. The van der Waals surface area contributed by atoms with Gasteiger partial charge in [-0.05, 0) is 24.7 Å². The third-order valence-electron chi connectivity index (χ3n) is 6.59. The normalized spacial score (nSPS) is 35.0. The standard InChI is InChI=1S/C17H28N4O4S/c1-19-16(22)7-15(18-17(19)23)20-8-12-10-21(11-13(12)9-20)26(24,25)14-5-3-2-4-6-14/h12-15H,2-11H2,1H3,(H,18,23). The van der Waals surface area contributed by atoms with Gasteiger partial charge in [-0.15, -0.1) is 0 Å². The number of urea groups is 1. The number of hydrogen-bond donors (Lipinski definition) is 1. The van der Waals surface area contributed by atoms with Crippen LogP contribution in [0.2, 0.25) is 0 Å². The zero-order valence-electron chi connectivity index (χ0n) is 15.3. The Morgan fingerprint density at radius 3 is 2.15 bits per heavy atom. The summed E-state index contributed by atoms with van der Waals surface area (Å²) in [6, 6.07) is -0.357. The summed E-state index contributed by atoms with van der Waals surface area (Å²) in [6.07, 6.45) is 4.79. The van der Waals surface area contributed by atoms with Crippen LogP contribution in [-0.4, -0.2) is 79.1 Å². The number of likely N-dealkylation sites (tertiary alicyclic amines) is 1. The number of fused-ring (bicyclic) bond motifs is 1. The van der Waals surface area contributed by atoms with Crippen molar-refractivity contribution in [2.45, 2.75) is 49.9 Å². The van der Waals surface area contributed by atoms with Gasteiger partial charge in [-0.1, -0.05) is 19.3 Å². The number of imide groups is 1. The molecule has 0 radical (unpaired) electrons. The van der Waals surface area contributed by atoms with E-state index in [1.54, 1.807) is 4.31 Å². The van der Waals surface area contributed by atoms with Crippen molar-refractivity contribution in [3.63, 3.8) is 0 Å². The summed E-state index contributed by atoms with van der Waals surface area (Å²) in [4.78, 5) is 27.0. The Bertz CT molecular complexity index is 659. The number of rotatable bonds is 3. The number of hydrogen-bond acceptors (Lipinski definition) is 5. The molecule has 0 aromatic rings. The van der Waals surface area contributed by atoms with Gasteiger partial charge in [-0.3, -0.25) is 14.6 Å². The molecule has 3 aliphatic heterocycles. The first-order valence-electron chi connectivity index (χ1n) is 9.66. The molecule has 3 heterocycles. The molecule has 4 fully saturated rings. The first-order chi connectivity index (χ1) is 12.4. The highest BCUT2D eigenvalue weighted by Gasteiger charge is 2.48. The van der Waals surface area contributed by atoms with E-state index in [1.807, 2.05) is 0 Å². The Morgan fingerprint density at radius 2 is 1.58 bits per heavy atom. The van der Waals surface area contributed by atoms with E-state index in [0.717, 1.165) is 50.1 Å². The SMILES string of the molecule is CN1C(=O)CC(N2CC3CN(S(=O)(=O)C4CCCCC4)CC3C2)NC1=O. The molecule has 0 aromatic carbocycles. The molecule has 4 rings (SSSR count). The lowest BCUT2D eigenvalue weighted by molar-refractivity contribution is -0.130. The highest BCUT2D eigenvalue weighted by Crippen LogP contribution is 2.36. The number of carbonyl (C=O) groups is 2. The predicted molar refractivity (Wildman–Crippen MR) is 95.6 cm³/mol. The van der Waals surface area contributed by atoms with Crippen molar-refractivity contribution in [3.8, 4) is 0 Å². The fourth-order valence-corrected chi connectivity index (χ4v) is 7.10. The molecule has 146 valence electrons. The van der Waals surface area contributed by atoms with Crippen molar-refractivity contribution in [3.05, 3.63) is 0 Å². The Balaban J connectivity index is 1.37. The summed E-state index contributed by atoms with van der Waals surface area (Å²) >= 11 is 0. The molecule has 1 aliphatic carbocycles. The lowest BCUT2D eigenvalue weighted by atomic mass is 10.0. The Morgan fingerprint density at radius 1 is 0.962 bits per heavy atom. The van der Waals surface area contributed by atoms with Crippen LogP contribution in [0.4, 0.5) is 4.79 Å². The summed E-state index contributed by atoms with van der Waals surface area (Å²) in [5.74, 6) is 0.414. The zero-order valence-corrected chi connectivity index (χ0v) is 16.1. The zero-order chi connectivity index (χ0) is 18.5. The topological polar surface area (TPSA) is 90.0 Å². The number of carbonyl (C=O) groups excluding carboxylic acids is 2. The summed E-state index contributed by atoms with van der Waals surface area (Å²) in [7, 11) is -1.70. The van der Waals surface area contributed by atoms with Crippen LogP contribution in [0.25, 0.3) is 0 Å². The van der Waals surface area contributed by atoms with Gasteiger partial charge in [0, 0.05) is 33.2 Å². The highest BCUT2D eigenvalue weighted by molar-refractivity contribution is 7.89. The largest absolute Gasteiger partial charge is 0.325 e. The van der Waals surface area contributed by atoms with Crippen molar-refractivity contribution in [2.24, 2.45) is 11.8 Å². The van der Waals surface area contributed by atoms with Crippen molar-refractivity contribution in [1.29, 1.82) is 0 Å². The molecule has 1 saturated carbocycles. The van der Waals surface area contributed by atoms with Crippen LogP contribution in [0, 0.1) is 11.8 Å². The summed E-state index contributed by atoms with van der Waals surface area (Å²) in [6.45, 7) is 2.63. The maximum atomic E-state index is 12.9. The first-order valence-corrected chi connectivity index (χ1v) is 11.2. The number of nitrogens with one attached hydrogen (secondary N) is 1. The van der Waals surface area contributed by atoms with Crippen LogP contribution in [-0.2, 0) is 14.8 Å². The average molecular weight is 385 g/mol. The minimum atomic E-state index is -3.19. The Kier molecular flexibility index (Phi) is 4.73. The van der Waals surface area contributed by atoms with Gasteiger partial charge in [0.1, 0.15) is 0 Å². The molecule has 8 nitrogen and oxygen atoms in total. The maximum Gasteiger partial charge on any atom is 0.325 e. The van der Waals surface area contributed by atoms with Gasteiger partial charge >= 0.3 is 6.03 Å². The smallest absolute Gasteiger partial charge is 0.322 e. The molecule has 0 spiro atoms. The molecule has 3 saturated heterocycles. The minimum Gasteiger partial charge on any atom is -0.322 e. The second kappa shape index (κ2) is 6.76. The van der Waals surface area contributed by atoms with Gasteiger partial charge in [0.2, 0.25) is 15.9 Å². The van der Waals surface area contributed by atoms with Crippen LogP contribution >= 0.6 is 0 Å². The maximum absolute atomic E-state index is 12.9. The lowest BCUT2D eigenvalue weighted by Crippen LogP contribution is -2.59. The molecule has 0 bridgehead atoms. The number of amides is 3. The van der Waals surface area contributed by atoms with Gasteiger partial charge in [0.15, 0.2) is 0 Å². The predicted octanol–water partition coefficient (Wildman–Crippen LogP) is 0.410. The van der Waals surface area contributed by atoms with Crippen LogP contribution in [0.3, 0.4) is 0 Å². The van der Waals surface area contributed by atoms with E-state index in [1.165, 1.54) is 7.05 Å². The van der Waals surface area contributed by atoms with Crippen molar-refractivity contribution in [1.82, 2.24) is 19.4 Å². The fourth-order valence-electron chi connectivity index (χ4n) is 4.95. The lowest BCUT2D eigenvalue weighted by Gasteiger charge is -2.35. The van der Waals surface area contributed by atoms with Gasteiger partial charge in [0.25, 0.3) is 0 Å². The molecule has 3 amide bonds. The van der Waals surface area contributed by atoms with E-state index in [4.69, 9.17) is 0 Å². The Hall–Kier alpha value is -1.19. The van der Waals surface area contributed by atoms with E-state index in [9.17, 15) is 18.0 Å². The molecular weight excluding hydrogens is 356 g/mol. The number of nitrogens with zero attached hydrogens (tertiary/aromatic N) is 3. The van der Waals surface area contributed by atoms with Crippen LogP contribution in [0.5, 0.6) is 0 Å². The van der Waals surface area contributed by atoms with Gasteiger partial charge in [-0.25, -0.2) is 17.5 Å². The molecule has 3 unspecified atom stereocenters. The van der Waals surface area contributed by atoms with E-state index in [-0.39, 0.29) is 29.8 Å². The average Bonchev–Trinajstić information content (AvgIpc) is 3.19. The molecule has 26 heavy (non-hydrogen) atoms. The molecule has 1 N–H and O–H groups in total. The van der Waals surface area contributed by atoms with Gasteiger partial charge in [0.05, 0.1) is 17.8 Å². The van der Waals surface area contributed by atoms with Crippen molar-refractivity contribution >= 4 is 22.0 Å². The number of sulfonamides is 1. The monoisotopic (exact) mass is 384 g/mol. The molecule has 0 aromatic heterocycles. The van der Waals surface area contributed by atoms with Crippen LogP contribution in [0.1, 0.15) is 38.5 Å². The van der Waals surface area contributed by atoms with E-state index in [0.29, 0.717) is 24.9 Å². The van der Waals surface area contributed by atoms with Crippen LogP contribution < -0.4 is 5.32 Å². The van der Waals surface area contributed by atoms with Crippen molar-refractivity contribution in [2.75, 3.05) is 33.2 Å². The molecule has 3 atom stereocenters. The molecule has 9 heteroatoms. The van der Waals surface area contributed by atoms with Crippen LogP contribution in [0.15, 0.2) is 0 Å². The van der Waals surface area contributed by atoms with Crippen molar-refractivity contribution < 1.29 is 18.0 Å². The van der Waals surface area contributed by atoms with E-state index >= 15 is 0 Å². The van der Waals surface area contributed by atoms with Gasteiger partial charge < -0.3 is 5.32 Å². The summed E-state index contributed by atoms with van der Waals surface area (Å²) in [5.41, 5.74) is 0. The van der Waals surface area contributed by atoms with E-state index in [2.05, 4.69) is 10.2 Å². The second-order valence-electron chi connectivity index (χ2n) is 8.22. The minimum absolute atomic E-state index is 0.169. The molecule has 4 aliphatic rings. The second-order valence-corrected chi connectivity index (χ2v) is 10.4. The van der Waals surface area contributed by atoms with E-state index < -0.39 is 10.0 Å². The molecular formula is C17H28N4O4S.